The summed E-state index contributed by atoms with van der Waals surface area (Å²) < 4.78 is 7.96. The van der Waals surface area contributed by atoms with E-state index in [1.165, 1.54) is 16.7 Å². The number of aromatic nitrogens is 3. The minimum Gasteiger partial charge on any atom is -0.486 e. The van der Waals surface area contributed by atoms with E-state index in [4.69, 9.17) is 22.1 Å². The SMILES string of the molecule is Cc1ccc(OCc2n[nH]c(=S)n2/N=C2\CCc3ccccc32)cc1. The minimum atomic E-state index is 0.300. The molecule has 0 unspecified atom stereocenters. The summed E-state index contributed by atoms with van der Waals surface area (Å²) in [4.78, 5) is 0. The van der Waals surface area contributed by atoms with Crippen LogP contribution in [0.25, 0.3) is 0 Å². The van der Waals surface area contributed by atoms with Crippen LogP contribution in [-0.2, 0) is 13.0 Å². The van der Waals surface area contributed by atoms with Crippen molar-refractivity contribution in [1.82, 2.24) is 14.9 Å². The summed E-state index contributed by atoms with van der Waals surface area (Å²) in [6.45, 7) is 2.35. The predicted molar refractivity (Wildman–Crippen MR) is 99.6 cm³/mol. The Morgan fingerprint density at radius 2 is 1.96 bits per heavy atom. The highest BCUT2D eigenvalue weighted by Gasteiger charge is 2.18. The molecule has 1 heterocycles. The van der Waals surface area contributed by atoms with E-state index >= 15 is 0 Å². The summed E-state index contributed by atoms with van der Waals surface area (Å²) in [5, 5.41) is 11.8. The van der Waals surface area contributed by atoms with Gasteiger partial charge in [-0.05, 0) is 49.7 Å². The van der Waals surface area contributed by atoms with Crippen LogP contribution >= 0.6 is 12.2 Å². The van der Waals surface area contributed by atoms with E-state index in [9.17, 15) is 0 Å². The maximum Gasteiger partial charge on any atom is 0.216 e. The van der Waals surface area contributed by atoms with E-state index in [1.54, 1.807) is 4.68 Å². The average Bonchev–Trinajstić information content (AvgIpc) is 3.20. The number of hydrogen-bond acceptors (Lipinski definition) is 4. The van der Waals surface area contributed by atoms with Gasteiger partial charge in [0, 0.05) is 5.56 Å². The maximum atomic E-state index is 5.82. The molecule has 1 aliphatic rings. The van der Waals surface area contributed by atoms with E-state index in [2.05, 4.69) is 28.4 Å². The first kappa shape index (κ1) is 15.8. The number of nitrogens with zero attached hydrogens (tertiary/aromatic N) is 3. The van der Waals surface area contributed by atoms with Crippen LogP contribution in [0.4, 0.5) is 0 Å². The highest BCUT2D eigenvalue weighted by Crippen LogP contribution is 2.22. The highest BCUT2D eigenvalue weighted by molar-refractivity contribution is 7.71. The molecular formula is C19H18N4OS. The fourth-order valence-electron chi connectivity index (χ4n) is 2.94. The molecule has 0 saturated heterocycles. The molecule has 25 heavy (non-hydrogen) atoms. The molecule has 0 atom stereocenters. The van der Waals surface area contributed by atoms with Gasteiger partial charge in [0.15, 0.2) is 5.82 Å². The Balaban J connectivity index is 1.59. The lowest BCUT2D eigenvalue weighted by atomic mass is 10.1. The molecule has 6 heteroatoms. The Bertz CT molecular complexity index is 985. The van der Waals surface area contributed by atoms with Crippen LogP contribution in [0, 0.1) is 11.7 Å². The van der Waals surface area contributed by atoms with Crippen molar-refractivity contribution in [2.24, 2.45) is 5.10 Å². The molecule has 0 bridgehead atoms. The molecule has 1 N–H and O–H groups in total. The Morgan fingerprint density at radius 1 is 1.16 bits per heavy atom. The second-order valence-electron chi connectivity index (χ2n) is 6.06. The van der Waals surface area contributed by atoms with Crippen LogP contribution in [0.1, 0.15) is 28.9 Å². The molecule has 0 aliphatic heterocycles. The average molecular weight is 350 g/mol. The summed E-state index contributed by atoms with van der Waals surface area (Å²) in [6, 6.07) is 16.3. The van der Waals surface area contributed by atoms with E-state index in [-0.39, 0.29) is 0 Å². The smallest absolute Gasteiger partial charge is 0.216 e. The molecule has 5 nitrogen and oxygen atoms in total. The summed E-state index contributed by atoms with van der Waals surface area (Å²) >= 11 is 5.34. The van der Waals surface area contributed by atoms with Gasteiger partial charge in [0.2, 0.25) is 4.77 Å². The van der Waals surface area contributed by atoms with Gasteiger partial charge in [-0.2, -0.15) is 14.9 Å². The number of rotatable bonds is 4. The van der Waals surface area contributed by atoms with E-state index in [0.717, 1.165) is 24.3 Å². The van der Waals surface area contributed by atoms with E-state index in [1.807, 2.05) is 37.3 Å². The van der Waals surface area contributed by atoms with Gasteiger partial charge >= 0.3 is 0 Å². The standard InChI is InChI=1S/C19H18N4OS/c1-13-6-9-15(10-7-13)24-12-18-20-21-19(25)23(18)22-17-11-8-14-4-2-3-5-16(14)17/h2-7,9-10H,8,11-12H2,1H3,(H,21,25)/b22-17+. The van der Waals surface area contributed by atoms with E-state index in [0.29, 0.717) is 17.2 Å². The number of aryl methyl sites for hydroxylation is 2. The molecular weight excluding hydrogens is 332 g/mol. The van der Waals surface area contributed by atoms with Crippen molar-refractivity contribution in [2.75, 3.05) is 0 Å². The number of fused-ring (bicyclic) bond motifs is 1. The molecule has 4 rings (SSSR count). The van der Waals surface area contributed by atoms with Crippen molar-refractivity contribution in [3.8, 4) is 5.75 Å². The van der Waals surface area contributed by atoms with Crippen LogP contribution in [-0.4, -0.2) is 20.6 Å². The third-order valence-corrected chi connectivity index (χ3v) is 4.55. The van der Waals surface area contributed by atoms with Gasteiger partial charge < -0.3 is 4.74 Å². The van der Waals surface area contributed by atoms with Crippen molar-refractivity contribution in [3.63, 3.8) is 0 Å². The molecule has 126 valence electrons. The van der Waals surface area contributed by atoms with Crippen LogP contribution in [0.3, 0.4) is 0 Å². The molecule has 0 radical (unpaired) electrons. The fraction of sp³-hybridized carbons (Fsp3) is 0.211. The molecule has 0 saturated carbocycles. The third kappa shape index (κ3) is 3.25. The number of aromatic amines is 1. The van der Waals surface area contributed by atoms with Crippen LogP contribution < -0.4 is 4.74 Å². The first-order valence-corrected chi connectivity index (χ1v) is 8.63. The Labute approximate surface area is 151 Å². The van der Waals surface area contributed by atoms with Gasteiger partial charge in [-0.3, -0.25) is 0 Å². The number of H-pyrrole nitrogens is 1. The fourth-order valence-corrected chi connectivity index (χ4v) is 3.13. The zero-order chi connectivity index (χ0) is 17.2. The van der Waals surface area contributed by atoms with Gasteiger partial charge in [0.1, 0.15) is 12.4 Å². The Hall–Kier alpha value is -2.73. The normalized spacial score (nSPS) is 14.7. The van der Waals surface area contributed by atoms with Crippen molar-refractivity contribution in [2.45, 2.75) is 26.4 Å². The molecule has 0 amide bonds. The summed E-state index contributed by atoms with van der Waals surface area (Å²) in [7, 11) is 0. The molecule has 2 aromatic carbocycles. The highest BCUT2D eigenvalue weighted by atomic mass is 32.1. The Morgan fingerprint density at radius 3 is 2.80 bits per heavy atom. The number of hydrogen-bond donors (Lipinski definition) is 1. The van der Waals surface area contributed by atoms with Gasteiger partial charge in [-0.15, -0.1) is 0 Å². The van der Waals surface area contributed by atoms with Gasteiger partial charge in [-0.1, -0.05) is 42.0 Å². The van der Waals surface area contributed by atoms with Gasteiger partial charge in [-0.25, -0.2) is 5.10 Å². The first-order chi connectivity index (χ1) is 12.2. The van der Waals surface area contributed by atoms with Crippen molar-refractivity contribution in [3.05, 3.63) is 75.8 Å². The number of ether oxygens (including phenoxy) is 1. The lowest BCUT2D eigenvalue weighted by Crippen LogP contribution is -2.07. The van der Waals surface area contributed by atoms with Crippen molar-refractivity contribution < 1.29 is 4.74 Å². The molecule has 0 spiro atoms. The molecule has 1 aliphatic carbocycles. The third-order valence-electron chi connectivity index (χ3n) is 4.29. The molecule has 3 aromatic rings. The van der Waals surface area contributed by atoms with Crippen LogP contribution in [0.2, 0.25) is 0 Å². The van der Waals surface area contributed by atoms with E-state index < -0.39 is 0 Å². The van der Waals surface area contributed by atoms with Crippen LogP contribution in [0.15, 0.2) is 53.6 Å². The second kappa shape index (κ2) is 6.64. The predicted octanol–water partition coefficient (Wildman–Crippen LogP) is 4.03. The lowest BCUT2D eigenvalue weighted by molar-refractivity contribution is 0.290. The van der Waals surface area contributed by atoms with Gasteiger partial charge in [0.25, 0.3) is 0 Å². The number of benzene rings is 2. The summed E-state index contributed by atoms with van der Waals surface area (Å²) in [6.07, 6.45) is 1.92. The topological polar surface area (TPSA) is 55.2 Å². The second-order valence-corrected chi connectivity index (χ2v) is 6.45. The maximum absolute atomic E-state index is 5.82. The quantitative estimate of drug-likeness (QED) is 0.723. The Kier molecular flexibility index (Phi) is 4.19. The van der Waals surface area contributed by atoms with Crippen molar-refractivity contribution >= 4 is 17.9 Å². The zero-order valence-corrected chi connectivity index (χ0v) is 14.7. The summed E-state index contributed by atoms with van der Waals surface area (Å²) in [5.74, 6) is 1.45. The summed E-state index contributed by atoms with van der Waals surface area (Å²) in [5.41, 5.74) is 4.75. The monoisotopic (exact) mass is 350 g/mol. The van der Waals surface area contributed by atoms with Crippen LogP contribution in [0.5, 0.6) is 5.75 Å². The molecule has 0 fully saturated rings. The lowest BCUT2D eigenvalue weighted by Gasteiger charge is -2.07. The van der Waals surface area contributed by atoms with Crippen molar-refractivity contribution in [1.29, 1.82) is 0 Å². The van der Waals surface area contributed by atoms with Gasteiger partial charge in [0.05, 0.1) is 5.71 Å². The largest absolute Gasteiger partial charge is 0.486 e. The first-order valence-electron chi connectivity index (χ1n) is 8.22. The molecule has 1 aromatic heterocycles. The minimum absolute atomic E-state index is 0.300. The zero-order valence-electron chi connectivity index (χ0n) is 13.9. The number of nitrogens with one attached hydrogen (secondary N) is 1.